The van der Waals surface area contributed by atoms with Crippen LogP contribution in [0.2, 0.25) is 0 Å². The third-order valence-electron chi connectivity index (χ3n) is 6.69. The van der Waals surface area contributed by atoms with E-state index in [0.717, 1.165) is 48.2 Å². The number of para-hydroxylation sites is 1. The number of nitrogens with one attached hydrogen (secondary N) is 1. The highest BCUT2D eigenvalue weighted by Gasteiger charge is 2.25. The molecular formula is C30H35ClN4O2. The van der Waals surface area contributed by atoms with Gasteiger partial charge in [0, 0.05) is 42.0 Å². The van der Waals surface area contributed by atoms with E-state index in [1.807, 2.05) is 82.6 Å². The number of amides is 2. The van der Waals surface area contributed by atoms with E-state index in [2.05, 4.69) is 6.92 Å². The van der Waals surface area contributed by atoms with E-state index in [0.29, 0.717) is 37.1 Å². The predicted octanol–water partition coefficient (Wildman–Crippen LogP) is 5.75. The summed E-state index contributed by atoms with van der Waals surface area (Å²) < 4.78 is 0. The maximum atomic E-state index is 13.5. The number of hydrogen-bond acceptors (Lipinski definition) is 3. The minimum absolute atomic E-state index is 0. The summed E-state index contributed by atoms with van der Waals surface area (Å²) in [6, 6.07) is 23.0. The smallest absolute Gasteiger partial charge is 0.258 e. The molecule has 7 heteroatoms. The summed E-state index contributed by atoms with van der Waals surface area (Å²) in [6.07, 6.45) is 4.71. The number of nitrogens with two attached hydrogens (primary N) is 1. The summed E-state index contributed by atoms with van der Waals surface area (Å²) in [5.74, 6) is 0.118. The van der Waals surface area contributed by atoms with Crippen LogP contribution in [0.1, 0.15) is 59.7 Å². The fourth-order valence-electron chi connectivity index (χ4n) is 4.65. The molecule has 0 saturated heterocycles. The average Bonchev–Trinajstić information content (AvgIpc) is 2.92. The first-order chi connectivity index (χ1) is 17.5. The minimum Gasteiger partial charge on any atom is -0.384 e. The highest BCUT2D eigenvalue weighted by molar-refractivity contribution is 6.07. The number of benzene rings is 3. The molecule has 3 aromatic rings. The van der Waals surface area contributed by atoms with Gasteiger partial charge in [-0.3, -0.25) is 15.0 Å². The molecule has 0 atom stereocenters. The summed E-state index contributed by atoms with van der Waals surface area (Å²) >= 11 is 0. The van der Waals surface area contributed by atoms with Crippen LogP contribution in [0, 0.1) is 5.41 Å². The molecule has 4 rings (SSSR count). The standard InChI is InChI=1S/C30H34N4O2.ClH/c1-2-3-19-33(26-9-5-4-6-10-26)30(36)25-16-17-27-24(21-25)8-7-20-34(27)28(35)18-13-22-11-14-23(15-12-22)29(31)32;/h4-6,9-12,14-17,21H,2-3,7-8,13,18-20H2,1H3,(H3,31,32);1H. The summed E-state index contributed by atoms with van der Waals surface area (Å²) in [7, 11) is 0. The number of aryl methyl sites for hydroxylation is 2. The Balaban J connectivity index is 0.00000380. The Hall–Kier alpha value is -3.64. The minimum atomic E-state index is -0.00472. The molecule has 0 saturated carbocycles. The maximum absolute atomic E-state index is 13.5. The summed E-state index contributed by atoms with van der Waals surface area (Å²) in [6.45, 7) is 3.49. The number of rotatable bonds is 9. The number of carbonyl (C=O) groups excluding carboxylic acids is 2. The first kappa shape index (κ1) is 27.9. The van der Waals surface area contributed by atoms with Gasteiger partial charge >= 0.3 is 0 Å². The monoisotopic (exact) mass is 518 g/mol. The van der Waals surface area contributed by atoms with Crippen molar-refractivity contribution in [2.24, 2.45) is 5.73 Å². The third-order valence-corrected chi connectivity index (χ3v) is 6.69. The van der Waals surface area contributed by atoms with Crippen LogP contribution in [-0.2, 0) is 17.6 Å². The largest absolute Gasteiger partial charge is 0.384 e. The lowest BCUT2D eigenvalue weighted by atomic mass is 9.97. The molecule has 0 unspecified atom stereocenters. The molecule has 0 spiro atoms. The van der Waals surface area contributed by atoms with E-state index in [1.54, 1.807) is 0 Å². The van der Waals surface area contributed by atoms with Crippen molar-refractivity contribution < 1.29 is 9.59 Å². The predicted molar refractivity (Wildman–Crippen MR) is 153 cm³/mol. The molecule has 3 N–H and O–H groups in total. The van der Waals surface area contributed by atoms with Crippen LogP contribution < -0.4 is 15.5 Å². The van der Waals surface area contributed by atoms with Crippen LogP contribution >= 0.6 is 12.4 Å². The lowest BCUT2D eigenvalue weighted by Crippen LogP contribution is -2.36. The molecule has 2 amide bonds. The molecule has 1 aliphatic heterocycles. The zero-order valence-electron chi connectivity index (χ0n) is 21.3. The number of halogens is 1. The van der Waals surface area contributed by atoms with Crippen LogP contribution in [0.15, 0.2) is 72.8 Å². The maximum Gasteiger partial charge on any atom is 0.258 e. The second-order valence-corrected chi connectivity index (χ2v) is 9.25. The second kappa shape index (κ2) is 13.1. The highest BCUT2D eigenvalue weighted by atomic mass is 35.5. The molecular weight excluding hydrogens is 484 g/mol. The summed E-state index contributed by atoms with van der Waals surface area (Å²) in [4.78, 5) is 30.4. The number of unbranched alkanes of at least 4 members (excludes halogenated alkanes) is 1. The topological polar surface area (TPSA) is 90.5 Å². The number of hydrogen-bond donors (Lipinski definition) is 2. The van der Waals surface area contributed by atoms with Crippen molar-refractivity contribution in [2.75, 3.05) is 22.9 Å². The van der Waals surface area contributed by atoms with Gasteiger partial charge in [0.1, 0.15) is 5.84 Å². The lowest BCUT2D eigenvalue weighted by Gasteiger charge is -2.30. The molecule has 0 aromatic heterocycles. The van der Waals surface area contributed by atoms with Crippen molar-refractivity contribution in [3.63, 3.8) is 0 Å². The van der Waals surface area contributed by atoms with Crippen LogP contribution in [0.4, 0.5) is 11.4 Å². The highest BCUT2D eigenvalue weighted by Crippen LogP contribution is 2.30. The van der Waals surface area contributed by atoms with Crippen molar-refractivity contribution in [3.8, 4) is 0 Å². The zero-order valence-corrected chi connectivity index (χ0v) is 22.1. The molecule has 0 aliphatic carbocycles. The van der Waals surface area contributed by atoms with Gasteiger partial charge in [-0.05, 0) is 67.1 Å². The van der Waals surface area contributed by atoms with Gasteiger partial charge in [0.15, 0.2) is 0 Å². The lowest BCUT2D eigenvalue weighted by molar-refractivity contribution is -0.118. The Morgan fingerprint density at radius 2 is 1.70 bits per heavy atom. The summed E-state index contributed by atoms with van der Waals surface area (Å²) in [5.41, 5.74) is 10.8. The molecule has 3 aromatic carbocycles. The van der Waals surface area contributed by atoms with Gasteiger partial charge < -0.3 is 15.5 Å². The number of nitrogen functional groups attached to an aromatic ring is 1. The average molecular weight is 519 g/mol. The SMILES string of the molecule is CCCCN(C(=O)c1ccc2c(c1)CCCN2C(=O)CCc1ccc(C(=N)N)cc1)c1ccccc1.Cl. The van der Waals surface area contributed by atoms with E-state index in [9.17, 15) is 9.59 Å². The van der Waals surface area contributed by atoms with E-state index >= 15 is 0 Å². The molecule has 1 aliphatic rings. The van der Waals surface area contributed by atoms with Crippen molar-refractivity contribution in [1.82, 2.24) is 0 Å². The van der Waals surface area contributed by atoms with Gasteiger partial charge in [-0.15, -0.1) is 12.4 Å². The number of carbonyl (C=O) groups is 2. The Labute approximate surface area is 225 Å². The number of amidine groups is 1. The zero-order chi connectivity index (χ0) is 25.5. The van der Waals surface area contributed by atoms with Gasteiger partial charge in [0.05, 0.1) is 0 Å². The van der Waals surface area contributed by atoms with Crippen LogP contribution in [0.3, 0.4) is 0 Å². The molecule has 37 heavy (non-hydrogen) atoms. The number of nitrogens with zero attached hydrogens (tertiary/aromatic N) is 2. The van der Waals surface area contributed by atoms with Crippen molar-refractivity contribution in [1.29, 1.82) is 5.41 Å². The Morgan fingerprint density at radius 1 is 1.00 bits per heavy atom. The first-order valence-electron chi connectivity index (χ1n) is 12.7. The van der Waals surface area contributed by atoms with E-state index in [-0.39, 0.29) is 30.1 Å². The van der Waals surface area contributed by atoms with Crippen molar-refractivity contribution in [2.45, 2.75) is 45.4 Å². The van der Waals surface area contributed by atoms with E-state index < -0.39 is 0 Å². The molecule has 0 fully saturated rings. The van der Waals surface area contributed by atoms with Crippen LogP contribution in [0.5, 0.6) is 0 Å². The third kappa shape index (κ3) is 6.77. The van der Waals surface area contributed by atoms with Gasteiger partial charge in [-0.25, -0.2) is 0 Å². The molecule has 0 radical (unpaired) electrons. The number of anilines is 2. The molecule has 1 heterocycles. The first-order valence-corrected chi connectivity index (χ1v) is 12.7. The van der Waals surface area contributed by atoms with Gasteiger partial charge in [0.2, 0.25) is 5.91 Å². The number of fused-ring (bicyclic) bond motifs is 1. The fourth-order valence-corrected chi connectivity index (χ4v) is 4.65. The van der Waals surface area contributed by atoms with E-state index in [1.165, 1.54) is 0 Å². The van der Waals surface area contributed by atoms with Crippen LogP contribution in [-0.4, -0.2) is 30.7 Å². The van der Waals surface area contributed by atoms with E-state index in [4.69, 9.17) is 11.1 Å². The Kier molecular flexibility index (Phi) is 9.86. The van der Waals surface area contributed by atoms with Crippen LogP contribution in [0.25, 0.3) is 0 Å². The van der Waals surface area contributed by atoms with Crippen molar-refractivity contribution >= 4 is 41.4 Å². The Morgan fingerprint density at radius 3 is 2.38 bits per heavy atom. The Bertz CT molecular complexity index is 1230. The molecule has 0 bridgehead atoms. The van der Waals surface area contributed by atoms with Gasteiger partial charge in [-0.2, -0.15) is 0 Å². The normalized spacial score (nSPS) is 12.3. The van der Waals surface area contributed by atoms with Crippen molar-refractivity contribution in [3.05, 3.63) is 95.1 Å². The van der Waals surface area contributed by atoms with Gasteiger partial charge in [-0.1, -0.05) is 55.8 Å². The molecule has 194 valence electrons. The second-order valence-electron chi connectivity index (χ2n) is 9.25. The molecule has 6 nitrogen and oxygen atoms in total. The van der Waals surface area contributed by atoms with Gasteiger partial charge in [0.25, 0.3) is 5.91 Å². The summed E-state index contributed by atoms with van der Waals surface area (Å²) in [5, 5.41) is 7.51. The fraction of sp³-hybridized carbons (Fsp3) is 0.300. The quantitative estimate of drug-likeness (QED) is 0.279.